The molecular weight excluding hydrogens is 392 g/mol. The van der Waals surface area contributed by atoms with Crippen molar-refractivity contribution in [2.45, 2.75) is 19.6 Å². The summed E-state index contributed by atoms with van der Waals surface area (Å²) in [5, 5.41) is 0. The SMILES string of the molecule is [2H]c1c([2H])c(-c2ccc(OC(C)(F)F)cc2)c([2H])c2c1OCC([2H])([2H])N(Cc1ncccn1)C2=O. The fourth-order valence-corrected chi connectivity index (χ4v) is 2.76. The molecule has 0 fully saturated rings. The number of alkyl halides is 2. The Hall–Kier alpha value is -3.55. The average Bonchev–Trinajstić information content (AvgIpc) is 2.88. The molecule has 0 saturated heterocycles. The molecule has 1 aromatic heterocycles. The molecule has 0 radical (unpaired) electrons. The predicted molar refractivity (Wildman–Crippen MR) is 105 cm³/mol. The standard InChI is InChI=1S/C22H19F2N3O3/c1-22(23,24)30-17-6-3-15(4-7-17)16-5-8-19-18(13-16)21(28)27(11-12-29-19)14-20-25-9-2-10-26-20/h2-10,13H,11-12,14H2,1H3/i5D,8D,11D2,13D. The van der Waals surface area contributed by atoms with Crippen molar-refractivity contribution in [1.29, 1.82) is 0 Å². The van der Waals surface area contributed by atoms with E-state index in [-0.39, 0.29) is 35.0 Å². The highest BCUT2D eigenvalue weighted by molar-refractivity contribution is 5.98. The number of ether oxygens (including phenoxy) is 2. The number of hydrogen-bond acceptors (Lipinski definition) is 5. The Morgan fingerprint density at radius 1 is 1.23 bits per heavy atom. The van der Waals surface area contributed by atoms with Crippen molar-refractivity contribution in [3.8, 4) is 22.6 Å². The summed E-state index contributed by atoms with van der Waals surface area (Å²) in [6.07, 6.45) is -0.529. The molecule has 1 amide bonds. The smallest absolute Gasteiger partial charge is 0.394 e. The van der Waals surface area contributed by atoms with Crippen molar-refractivity contribution in [3.63, 3.8) is 0 Å². The minimum atomic E-state index is -3.41. The van der Waals surface area contributed by atoms with Gasteiger partial charge in [-0.1, -0.05) is 18.2 Å². The Kier molecular flexibility index (Phi) is 3.88. The van der Waals surface area contributed by atoms with Gasteiger partial charge in [-0.2, -0.15) is 8.78 Å². The summed E-state index contributed by atoms with van der Waals surface area (Å²) in [7, 11) is 0. The van der Waals surface area contributed by atoms with E-state index in [2.05, 4.69) is 14.7 Å². The van der Waals surface area contributed by atoms with E-state index in [0.717, 1.165) is 4.90 Å². The molecule has 30 heavy (non-hydrogen) atoms. The van der Waals surface area contributed by atoms with Gasteiger partial charge in [-0.3, -0.25) is 4.79 Å². The van der Waals surface area contributed by atoms with Crippen LogP contribution < -0.4 is 9.47 Å². The first kappa shape index (κ1) is 14.4. The first-order valence-electron chi connectivity index (χ1n) is 11.4. The number of aromatic nitrogens is 2. The van der Waals surface area contributed by atoms with Gasteiger partial charge in [-0.15, -0.1) is 0 Å². The number of amides is 1. The lowest BCUT2D eigenvalue weighted by Crippen LogP contribution is -2.32. The maximum absolute atomic E-state index is 13.5. The van der Waals surface area contributed by atoms with Crippen LogP contribution in [0.2, 0.25) is 0 Å². The number of benzene rings is 2. The van der Waals surface area contributed by atoms with Crippen LogP contribution in [-0.2, 0) is 6.54 Å². The molecule has 0 atom stereocenters. The van der Waals surface area contributed by atoms with E-state index in [1.54, 1.807) is 6.07 Å². The van der Waals surface area contributed by atoms with Gasteiger partial charge in [0.25, 0.3) is 5.91 Å². The summed E-state index contributed by atoms with van der Waals surface area (Å²) >= 11 is 0. The van der Waals surface area contributed by atoms with Crippen molar-refractivity contribution >= 4 is 5.91 Å². The summed E-state index contributed by atoms with van der Waals surface area (Å²) < 4.78 is 78.4. The van der Waals surface area contributed by atoms with Gasteiger partial charge in [0.15, 0.2) is 0 Å². The van der Waals surface area contributed by atoms with Crippen LogP contribution in [0, 0.1) is 0 Å². The molecule has 154 valence electrons. The van der Waals surface area contributed by atoms with Crippen molar-refractivity contribution in [2.75, 3.05) is 13.1 Å². The molecule has 0 saturated carbocycles. The lowest BCUT2D eigenvalue weighted by molar-refractivity contribution is -0.158. The van der Waals surface area contributed by atoms with Crippen LogP contribution in [0.1, 0.15) is 30.0 Å². The van der Waals surface area contributed by atoms with Gasteiger partial charge >= 0.3 is 6.11 Å². The summed E-state index contributed by atoms with van der Waals surface area (Å²) in [5.74, 6) is -1.30. The van der Waals surface area contributed by atoms with Gasteiger partial charge in [-0.05, 0) is 41.4 Å². The minimum Gasteiger partial charge on any atom is -0.491 e. The normalized spacial score (nSPS) is 18.0. The van der Waals surface area contributed by atoms with Crippen LogP contribution >= 0.6 is 0 Å². The predicted octanol–water partition coefficient (Wildman–Crippen LogP) is 4.17. The molecule has 4 rings (SSSR count). The Bertz CT molecular complexity index is 1270. The van der Waals surface area contributed by atoms with Crippen LogP contribution in [0.4, 0.5) is 8.78 Å². The zero-order valence-corrected chi connectivity index (χ0v) is 15.8. The van der Waals surface area contributed by atoms with E-state index in [4.69, 9.17) is 11.6 Å². The molecule has 0 aliphatic carbocycles. The van der Waals surface area contributed by atoms with E-state index in [1.165, 1.54) is 36.7 Å². The Morgan fingerprint density at radius 3 is 2.67 bits per heavy atom. The monoisotopic (exact) mass is 416 g/mol. The van der Waals surface area contributed by atoms with Crippen LogP contribution in [0.3, 0.4) is 0 Å². The molecule has 8 heteroatoms. The number of fused-ring (bicyclic) bond motifs is 1. The number of rotatable bonds is 5. The summed E-state index contributed by atoms with van der Waals surface area (Å²) in [4.78, 5) is 22.4. The van der Waals surface area contributed by atoms with Crippen molar-refractivity contribution in [1.82, 2.24) is 14.9 Å². The number of halogens is 2. The van der Waals surface area contributed by atoms with Gasteiger partial charge in [0.05, 0.1) is 25.5 Å². The molecule has 6 nitrogen and oxygen atoms in total. The highest BCUT2D eigenvalue weighted by Crippen LogP contribution is 2.31. The van der Waals surface area contributed by atoms with Crippen LogP contribution in [0.5, 0.6) is 11.5 Å². The molecule has 2 heterocycles. The molecule has 0 spiro atoms. The van der Waals surface area contributed by atoms with Crippen molar-refractivity contribution in [3.05, 3.63) is 72.2 Å². The third-order valence-corrected chi connectivity index (χ3v) is 4.07. The quantitative estimate of drug-likeness (QED) is 0.625. The summed E-state index contributed by atoms with van der Waals surface area (Å²) in [5.41, 5.74) is -0.293. The minimum absolute atomic E-state index is 0.112. The lowest BCUT2D eigenvalue weighted by Gasteiger charge is -2.19. The number of carbonyl (C=O) groups excluding carboxylic acids is 1. The van der Waals surface area contributed by atoms with Crippen LogP contribution in [0.25, 0.3) is 11.1 Å². The van der Waals surface area contributed by atoms with Crippen molar-refractivity contribution in [2.24, 2.45) is 0 Å². The van der Waals surface area contributed by atoms with Gasteiger partial charge in [0, 0.05) is 19.3 Å². The third-order valence-electron chi connectivity index (χ3n) is 4.07. The van der Waals surface area contributed by atoms with E-state index in [0.29, 0.717) is 6.92 Å². The zero-order valence-electron chi connectivity index (χ0n) is 20.8. The highest BCUT2D eigenvalue weighted by Gasteiger charge is 2.25. The first-order valence-corrected chi connectivity index (χ1v) is 8.91. The largest absolute Gasteiger partial charge is 0.491 e. The second-order valence-electron chi connectivity index (χ2n) is 6.39. The fourth-order valence-electron chi connectivity index (χ4n) is 2.76. The van der Waals surface area contributed by atoms with E-state index < -0.39 is 48.8 Å². The number of hydrogen-bond donors (Lipinski definition) is 0. The van der Waals surface area contributed by atoms with E-state index in [9.17, 15) is 13.6 Å². The summed E-state index contributed by atoms with van der Waals surface area (Å²) in [6, 6.07) is 5.26. The highest BCUT2D eigenvalue weighted by atomic mass is 19.3. The molecule has 0 unspecified atom stereocenters. The molecule has 0 bridgehead atoms. The fraction of sp³-hybridized carbons (Fsp3) is 0.227. The molecule has 1 aliphatic rings. The molecule has 3 aromatic rings. The third kappa shape index (κ3) is 4.53. The van der Waals surface area contributed by atoms with Crippen molar-refractivity contribution < 1.29 is 29.9 Å². The molecule has 0 N–H and O–H groups in total. The number of nitrogens with zero attached hydrogens (tertiary/aromatic N) is 3. The van der Waals surface area contributed by atoms with E-state index >= 15 is 0 Å². The van der Waals surface area contributed by atoms with Crippen LogP contribution in [0.15, 0.2) is 60.9 Å². The molecular formula is C22H19F2N3O3. The Labute approximate surface area is 179 Å². The Balaban J connectivity index is 1.81. The van der Waals surface area contributed by atoms with E-state index in [1.807, 2.05) is 0 Å². The second kappa shape index (κ2) is 8.06. The molecule has 1 aliphatic heterocycles. The van der Waals surface area contributed by atoms with Crippen LogP contribution in [-0.4, -0.2) is 40.0 Å². The van der Waals surface area contributed by atoms with Gasteiger partial charge in [0.1, 0.15) is 23.9 Å². The Morgan fingerprint density at radius 2 is 1.97 bits per heavy atom. The maximum Gasteiger partial charge on any atom is 0.394 e. The van der Waals surface area contributed by atoms with Gasteiger partial charge < -0.3 is 14.4 Å². The second-order valence-corrected chi connectivity index (χ2v) is 6.39. The van der Waals surface area contributed by atoms with Gasteiger partial charge in [0.2, 0.25) is 0 Å². The first-order chi connectivity index (χ1) is 16.4. The number of carbonyl (C=O) groups is 1. The van der Waals surface area contributed by atoms with Gasteiger partial charge in [-0.25, -0.2) is 9.97 Å². The lowest BCUT2D eigenvalue weighted by atomic mass is 10.0. The maximum atomic E-state index is 13.5. The zero-order chi connectivity index (χ0) is 25.5. The molecule has 2 aromatic carbocycles. The topological polar surface area (TPSA) is 64.6 Å². The average molecular weight is 416 g/mol. The summed E-state index contributed by atoms with van der Waals surface area (Å²) in [6.45, 7) is -2.71.